The van der Waals surface area contributed by atoms with Gasteiger partial charge in [-0.15, -0.1) is 0 Å². The standard InChI is InChI=1S/C22H28N2O5/c1-5-29-19(27)14-7-6-8-15(13-14)23-17(25)10-12-24-18(26)16-9-11-22(4,20(24)28)21(16,2)3/h6-8,13,16H,5,9-12H2,1-4H3,(H,23,25). The molecule has 7 nitrogen and oxygen atoms in total. The van der Waals surface area contributed by atoms with Gasteiger partial charge in [-0.2, -0.15) is 0 Å². The summed E-state index contributed by atoms with van der Waals surface area (Å²) in [5.74, 6) is -1.33. The van der Waals surface area contributed by atoms with E-state index in [4.69, 9.17) is 4.74 Å². The Morgan fingerprint density at radius 1 is 1.24 bits per heavy atom. The number of imide groups is 1. The molecule has 1 N–H and O–H groups in total. The summed E-state index contributed by atoms with van der Waals surface area (Å²) >= 11 is 0. The maximum Gasteiger partial charge on any atom is 0.338 e. The van der Waals surface area contributed by atoms with Gasteiger partial charge in [-0.25, -0.2) is 4.79 Å². The Morgan fingerprint density at radius 2 is 1.97 bits per heavy atom. The molecule has 3 amide bonds. The van der Waals surface area contributed by atoms with Gasteiger partial charge in [0.2, 0.25) is 17.7 Å². The molecule has 0 aromatic heterocycles. The van der Waals surface area contributed by atoms with Crippen molar-refractivity contribution in [2.45, 2.75) is 47.0 Å². The lowest BCUT2D eigenvalue weighted by molar-refractivity contribution is -0.167. The Balaban J connectivity index is 1.63. The zero-order valence-electron chi connectivity index (χ0n) is 17.4. The van der Waals surface area contributed by atoms with Crippen LogP contribution in [0, 0.1) is 16.7 Å². The quantitative estimate of drug-likeness (QED) is 0.585. The summed E-state index contributed by atoms with van der Waals surface area (Å²) < 4.78 is 4.96. The number of amides is 3. The van der Waals surface area contributed by atoms with E-state index in [1.807, 2.05) is 20.8 Å². The van der Waals surface area contributed by atoms with Crippen LogP contribution in [0.4, 0.5) is 5.69 Å². The Kier molecular flexibility index (Phi) is 5.52. The maximum atomic E-state index is 13.0. The number of hydrogen-bond acceptors (Lipinski definition) is 5. The molecular weight excluding hydrogens is 372 g/mol. The van der Waals surface area contributed by atoms with Crippen LogP contribution in [0.1, 0.15) is 57.3 Å². The minimum absolute atomic E-state index is 0.00431. The third kappa shape index (κ3) is 3.54. The molecule has 7 heteroatoms. The van der Waals surface area contributed by atoms with Gasteiger partial charge in [-0.05, 0) is 43.4 Å². The lowest BCUT2D eigenvalue weighted by atomic mass is 9.62. The number of carbonyl (C=O) groups excluding carboxylic acids is 4. The summed E-state index contributed by atoms with van der Waals surface area (Å²) in [6.07, 6.45) is 1.40. The SMILES string of the molecule is CCOC(=O)c1cccc(NC(=O)CCN2C(=O)C3CCC(C)(C2=O)C3(C)C)c1. The van der Waals surface area contributed by atoms with Gasteiger partial charge in [-0.3, -0.25) is 19.3 Å². The molecule has 1 aromatic carbocycles. The molecule has 0 radical (unpaired) electrons. The van der Waals surface area contributed by atoms with Crippen LogP contribution in [0.3, 0.4) is 0 Å². The second kappa shape index (κ2) is 7.61. The number of nitrogens with one attached hydrogen (secondary N) is 1. The molecule has 0 spiro atoms. The number of benzene rings is 1. The number of hydrogen-bond donors (Lipinski definition) is 1. The van der Waals surface area contributed by atoms with Crippen molar-refractivity contribution in [3.8, 4) is 0 Å². The van der Waals surface area contributed by atoms with E-state index in [-0.39, 0.29) is 48.6 Å². The highest BCUT2D eigenvalue weighted by molar-refractivity contribution is 6.04. The van der Waals surface area contributed by atoms with Gasteiger partial charge in [0.25, 0.3) is 0 Å². The van der Waals surface area contributed by atoms with Crippen LogP contribution in [0.25, 0.3) is 0 Å². The van der Waals surface area contributed by atoms with Crippen molar-refractivity contribution in [1.82, 2.24) is 4.90 Å². The topological polar surface area (TPSA) is 92.8 Å². The lowest BCUT2D eigenvalue weighted by Crippen LogP contribution is -2.59. The van der Waals surface area contributed by atoms with E-state index in [0.29, 0.717) is 24.1 Å². The van der Waals surface area contributed by atoms with Crippen molar-refractivity contribution in [2.75, 3.05) is 18.5 Å². The number of anilines is 1. The highest BCUT2D eigenvalue weighted by Crippen LogP contribution is 2.60. The van der Waals surface area contributed by atoms with Crippen LogP contribution in [-0.2, 0) is 19.1 Å². The van der Waals surface area contributed by atoms with Crippen LogP contribution in [0.2, 0.25) is 0 Å². The van der Waals surface area contributed by atoms with Crippen molar-refractivity contribution < 1.29 is 23.9 Å². The summed E-state index contributed by atoms with van der Waals surface area (Å²) in [7, 11) is 0. The van der Waals surface area contributed by atoms with E-state index < -0.39 is 11.4 Å². The second-order valence-corrected chi connectivity index (χ2v) is 8.54. The number of piperidine rings is 1. The third-order valence-electron chi connectivity index (χ3n) is 6.73. The molecule has 1 saturated carbocycles. The van der Waals surface area contributed by atoms with Crippen LogP contribution in [-0.4, -0.2) is 41.7 Å². The van der Waals surface area contributed by atoms with Gasteiger partial charge in [0.05, 0.1) is 17.6 Å². The fraction of sp³-hybridized carbons (Fsp3) is 0.545. The predicted octanol–water partition coefficient (Wildman–Crippen LogP) is 3.00. The molecule has 1 aliphatic heterocycles. The Morgan fingerprint density at radius 3 is 2.66 bits per heavy atom. The average molecular weight is 400 g/mol. The van der Waals surface area contributed by atoms with Crippen LogP contribution in [0.5, 0.6) is 0 Å². The molecule has 29 heavy (non-hydrogen) atoms. The fourth-order valence-electron chi connectivity index (χ4n) is 4.49. The number of ether oxygens (including phenoxy) is 1. The number of likely N-dealkylation sites (tertiary alicyclic amines) is 1. The molecule has 2 atom stereocenters. The van der Waals surface area contributed by atoms with Gasteiger partial charge in [0.1, 0.15) is 0 Å². The van der Waals surface area contributed by atoms with Crippen molar-refractivity contribution in [3.63, 3.8) is 0 Å². The average Bonchev–Trinajstić information content (AvgIpc) is 2.85. The van der Waals surface area contributed by atoms with Gasteiger partial charge >= 0.3 is 5.97 Å². The van der Waals surface area contributed by atoms with Crippen LogP contribution >= 0.6 is 0 Å². The largest absolute Gasteiger partial charge is 0.462 e. The Hall–Kier alpha value is -2.70. The zero-order valence-corrected chi connectivity index (χ0v) is 17.4. The van der Waals surface area contributed by atoms with Crippen molar-refractivity contribution in [3.05, 3.63) is 29.8 Å². The minimum Gasteiger partial charge on any atom is -0.462 e. The van der Waals surface area contributed by atoms with E-state index in [2.05, 4.69) is 5.32 Å². The monoisotopic (exact) mass is 400 g/mol. The normalized spacial score (nSPS) is 25.1. The molecule has 2 unspecified atom stereocenters. The minimum atomic E-state index is -0.573. The summed E-state index contributed by atoms with van der Waals surface area (Å²) in [4.78, 5) is 51.3. The van der Waals surface area contributed by atoms with E-state index >= 15 is 0 Å². The Bertz CT molecular complexity index is 863. The molecule has 2 aliphatic rings. The van der Waals surface area contributed by atoms with E-state index in [1.165, 1.54) is 11.0 Å². The van der Waals surface area contributed by atoms with Gasteiger partial charge in [-0.1, -0.05) is 26.8 Å². The third-order valence-corrected chi connectivity index (χ3v) is 6.73. The number of nitrogens with zero attached hydrogens (tertiary/aromatic N) is 1. The van der Waals surface area contributed by atoms with E-state index in [1.54, 1.807) is 25.1 Å². The molecule has 3 rings (SSSR count). The molecular formula is C22H28N2O5. The van der Waals surface area contributed by atoms with Gasteiger partial charge < -0.3 is 10.1 Å². The zero-order chi connectivity index (χ0) is 21.4. The number of esters is 1. The number of rotatable bonds is 6. The molecule has 1 heterocycles. The summed E-state index contributed by atoms with van der Waals surface area (Å²) in [5.41, 5.74) is -0.133. The van der Waals surface area contributed by atoms with Gasteiger partial charge in [0, 0.05) is 24.6 Å². The first-order chi connectivity index (χ1) is 13.6. The highest BCUT2D eigenvalue weighted by atomic mass is 16.5. The number of carbonyl (C=O) groups is 4. The van der Waals surface area contributed by atoms with Gasteiger partial charge in [0.15, 0.2) is 0 Å². The van der Waals surface area contributed by atoms with Crippen molar-refractivity contribution >= 4 is 29.4 Å². The fourth-order valence-corrected chi connectivity index (χ4v) is 4.49. The molecule has 2 bridgehead atoms. The van der Waals surface area contributed by atoms with Crippen LogP contribution in [0.15, 0.2) is 24.3 Å². The van der Waals surface area contributed by atoms with Crippen LogP contribution < -0.4 is 5.32 Å². The van der Waals surface area contributed by atoms with E-state index in [9.17, 15) is 19.2 Å². The first-order valence-corrected chi connectivity index (χ1v) is 10.0. The Labute approximate surface area is 170 Å². The molecule has 1 saturated heterocycles. The highest BCUT2D eigenvalue weighted by Gasteiger charge is 2.64. The molecule has 1 aliphatic carbocycles. The number of fused-ring (bicyclic) bond motifs is 2. The first kappa shape index (κ1) is 21.0. The molecule has 1 aromatic rings. The maximum absolute atomic E-state index is 13.0. The summed E-state index contributed by atoms with van der Waals surface area (Å²) in [6, 6.07) is 6.47. The molecule has 156 valence electrons. The smallest absolute Gasteiger partial charge is 0.338 e. The first-order valence-electron chi connectivity index (χ1n) is 10.0. The predicted molar refractivity (Wildman–Crippen MR) is 107 cm³/mol. The lowest BCUT2D eigenvalue weighted by Gasteiger charge is -2.47. The van der Waals surface area contributed by atoms with Crippen molar-refractivity contribution in [2.24, 2.45) is 16.7 Å². The van der Waals surface area contributed by atoms with E-state index in [0.717, 1.165) is 0 Å². The summed E-state index contributed by atoms with van der Waals surface area (Å²) in [6.45, 7) is 7.95. The van der Waals surface area contributed by atoms with Crippen molar-refractivity contribution in [1.29, 1.82) is 0 Å². The summed E-state index contributed by atoms with van der Waals surface area (Å²) in [5, 5.41) is 2.72. The molecule has 2 fully saturated rings. The second-order valence-electron chi connectivity index (χ2n) is 8.54.